The number of carbonyl (C=O) groups is 2. The van der Waals surface area contributed by atoms with Gasteiger partial charge in [0.2, 0.25) is 5.91 Å². The van der Waals surface area contributed by atoms with Crippen molar-refractivity contribution in [3.63, 3.8) is 0 Å². The van der Waals surface area contributed by atoms with Gasteiger partial charge in [-0.3, -0.25) is 9.59 Å². The first-order valence-corrected chi connectivity index (χ1v) is 42.8. The molecule has 0 fully saturated rings. The van der Waals surface area contributed by atoms with Crippen LogP contribution >= 0.6 is 0 Å². The maximum Gasteiger partial charge on any atom is 0.305 e. The zero-order valence-electron chi connectivity index (χ0n) is 62.6. The van der Waals surface area contributed by atoms with Gasteiger partial charge in [-0.05, 0) is 25.7 Å². The molecule has 0 aromatic rings. The topological polar surface area (TPSA) is 95.9 Å². The number of nitrogens with one attached hydrogen (secondary N) is 1. The van der Waals surface area contributed by atoms with Crippen LogP contribution in [0.1, 0.15) is 508 Å². The molecule has 0 saturated heterocycles. The Hall–Kier alpha value is -1.14. The molecule has 0 rings (SSSR count). The highest BCUT2D eigenvalue weighted by molar-refractivity contribution is 5.76. The van der Waals surface area contributed by atoms with Crippen LogP contribution < -0.4 is 5.32 Å². The lowest BCUT2D eigenvalue weighted by atomic mass is 10.0. The van der Waals surface area contributed by atoms with Crippen LogP contribution in [0.5, 0.6) is 0 Å². The van der Waals surface area contributed by atoms with Gasteiger partial charge in [-0.15, -0.1) is 0 Å². The Balaban J connectivity index is 3.29. The number of hydrogen-bond acceptors (Lipinski definition) is 5. The van der Waals surface area contributed by atoms with Crippen molar-refractivity contribution in [1.82, 2.24) is 5.32 Å². The number of ether oxygens (including phenoxy) is 1. The van der Waals surface area contributed by atoms with E-state index in [2.05, 4.69) is 19.2 Å². The molecule has 0 saturated carbocycles. The Morgan fingerprint density at radius 3 is 0.670 bits per heavy atom. The summed E-state index contributed by atoms with van der Waals surface area (Å²) in [6, 6.07) is -0.537. The summed E-state index contributed by atoms with van der Waals surface area (Å²) >= 11 is 0. The quantitative estimate of drug-likeness (QED) is 0.0417. The van der Waals surface area contributed by atoms with E-state index >= 15 is 0 Å². The Labute approximate surface area is 572 Å². The SMILES string of the molecule is CCCCCCCCCCCCCCCCCCCCCCC(O)C(CO)NC(=O)CCCCCCCCCCCCCCCCCCCCCCCCCCCCCCCCCCCCCOC(=O)CCCCCCCCCCCCCCCCCCCCC. The number of aliphatic hydroxyl groups excluding tert-OH is 2. The summed E-state index contributed by atoms with van der Waals surface area (Å²) in [6.45, 7) is 5.03. The predicted molar refractivity (Wildman–Crippen MR) is 403 cm³/mol. The molecule has 0 aliphatic rings. The van der Waals surface area contributed by atoms with Crippen LogP contribution in [0.15, 0.2) is 0 Å². The second-order valence-electron chi connectivity index (χ2n) is 29.9. The summed E-state index contributed by atoms with van der Waals surface area (Å²) < 4.78 is 5.53. The van der Waals surface area contributed by atoms with Gasteiger partial charge in [0, 0.05) is 12.8 Å². The summed E-state index contributed by atoms with van der Waals surface area (Å²) in [5.74, 6) is 0.00567. The molecule has 544 valence electrons. The maximum atomic E-state index is 12.6. The number of esters is 1. The summed E-state index contributed by atoms with van der Waals surface area (Å²) in [6.07, 6.45) is 102. The molecule has 6 nitrogen and oxygen atoms in total. The van der Waals surface area contributed by atoms with Gasteiger partial charge in [-0.25, -0.2) is 0 Å². The number of unbranched alkanes of at least 4 members (excludes halogenated alkanes) is 71. The Morgan fingerprint density at radius 2 is 0.451 bits per heavy atom. The lowest BCUT2D eigenvalue weighted by Gasteiger charge is -2.22. The van der Waals surface area contributed by atoms with Crippen molar-refractivity contribution in [2.45, 2.75) is 520 Å². The molecule has 0 bridgehead atoms. The number of carbonyl (C=O) groups excluding carboxylic acids is 2. The van der Waals surface area contributed by atoms with Crippen LogP contribution in [0, 0.1) is 0 Å². The van der Waals surface area contributed by atoms with Crippen molar-refractivity contribution in [2.75, 3.05) is 13.2 Å². The Kier molecular flexibility index (Phi) is 80.3. The van der Waals surface area contributed by atoms with Crippen molar-refractivity contribution >= 4 is 11.9 Å². The minimum Gasteiger partial charge on any atom is -0.466 e. The Bertz CT molecular complexity index is 1340. The second-order valence-corrected chi connectivity index (χ2v) is 29.9. The van der Waals surface area contributed by atoms with Gasteiger partial charge in [-0.1, -0.05) is 470 Å². The zero-order chi connectivity index (χ0) is 65.6. The average Bonchev–Trinajstić information content (AvgIpc) is 3.72. The first-order valence-electron chi connectivity index (χ1n) is 42.8. The summed E-state index contributed by atoms with van der Waals surface area (Å²) in [5.41, 5.74) is 0. The molecule has 0 radical (unpaired) electrons. The molecule has 91 heavy (non-hydrogen) atoms. The molecule has 2 unspecified atom stereocenters. The molecular formula is C85H169NO5. The molecule has 0 aromatic heterocycles. The largest absolute Gasteiger partial charge is 0.466 e. The third-order valence-corrected chi connectivity index (χ3v) is 20.7. The van der Waals surface area contributed by atoms with Gasteiger partial charge in [0.15, 0.2) is 0 Å². The lowest BCUT2D eigenvalue weighted by molar-refractivity contribution is -0.143. The van der Waals surface area contributed by atoms with Crippen molar-refractivity contribution in [3.05, 3.63) is 0 Å². The number of rotatable bonds is 82. The fourth-order valence-corrected chi connectivity index (χ4v) is 14.2. The fourth-order valence-electron chi connectivity index (χ4n) is 14.2. The van der Waals surface area contributed by atoms with Crippen molar-refractivity contribution in [3.8, 4) is 0 Å². The van der Waals surface area contributed by atoms with Gasteiger partial charge in [0.05, 0.1) is 25.4 Å². The van der Waals surface area contributed by atoms with E-state index in [9.17, 15) is 19.8 Å². The van der Waals surface area contributed by atoms with Crippen LogP contribution in [0.3, 0.4) is 0 Å². The van der Waals surface area contributed by atoms with E-state index in [0.717, 1.165) is 38.5 Å². The number of amides is 1. The highest BCUT2D eigenvalue weighted by Crippen LogP contribution is 2.21. The molecule has 6 heteroatoms. The third-order valence-electron chi connectivity index (χ3n) is 20.7. The molecule has 0 aromatic carbocycles. The molecule has 2 atom stereocenters. The van der Waals surface area contributed by atoms with Crippen LogP contribution in [0.2, 0.25) is 0 Å². The summed E-state index contributed by atoms with van der Waals surface area (Å²) in [5, 5.41) is 23.5. The van der Waals surface area contributed by atoms with Gasteiger partial charge >= 0.3 is 5.97 Å². The molecule has 0 spiro atoms. The normalized spacial score (nSPS) is 12.4. The molecular weight excluding hydrogens is 1110 g/mol. The van der Waals surface area contributed by atoms with E-state index in [-0.39, 0.29) is 18.5 Å². The predicted octanol–water partition coefficient (Wildman–Crippen LogP) is 28.4. The fraction of sp³-hybridized carbons (Fsp3) is 0.976. The van der Waals surface area contributed by atoms with Gasteiger partial charge in [-0.2, -0.15) is 0 Å². The van der Waals surface area contributed by atoms with Crippen LogP contribution in [0.4, 0.5) is 0 Å². The minimum absolute atomic E-state index is 0.0235. The van der Waals surface area contributed by atoms with Crippen LogP contribution in [0.25, 0.3) is 0 Å². The summed E-state index contributed by atoms with van der Waals surface area (Å²) in [7, 11) is 0. The minimum atomic E-state index is -0.661. The number of hydrogen-bond donors (Lipinski definition) is 3. The second kappa shape index (κ2) is 81.3. The van der Waals surface area contributed by atoms with Crippen LogP contribution in [-0.2, 0) is 14.3 Å². The first-order chi connectivity index (χ1) is 45.0. The number of aliphatic hydroxyl groups is 2. The zero-order valence-corrected chi connectivity index (χ0v) is 62.6. The van der Waals surface area contributed by atoms with Crippen molar-refractivity contribution in [2.24, 2.45) is 0 Å². The van der Waals surface area contributed by atoms with E-state index in [1.165, 1.54) is 437 Å². The van der Waals surface area contributed by atoms with Crippen molar-refractivity contribution in [1.29, 1.82) is 0 Å². The molecule has 0 aliphatic heterocycles. The third kappa shape index (κ3) is 77.7. The Morgan fingerprint density at radius 1 is 0.264 bits per heavy atom. The van der Waals surface area contributed by atoms with E-state index < -0.39 is 12.1 Å². The molecule has 0 heterocycles. The molecule has 1 amide bonds. The summed E-state index contributed by atoms with van der Waals surface area (Å²) in [4.78, 5) is 24.7. The van der Waals surface area contributed by atoms with E-state index in [1.807, 2.05) is 0 Å². The van der Waals surface area contributed by atoms with Crippen LogP contribution in [-0.4, -0.2) is 47.4 Å². The molecule has 0 aliphatic carbocycles. The monoisotopic (exact) mass is 1280 g/mol. The van der Waals surface area contributed by atoms with E-state index in [1.54, 1.807) is 0 Å². The highest BCUT2D eigenvalue weighted by atomic mass is 16.5. The van der Waals surface area contributed by atoms with E-state index in [0.29, 0.717) is 25.9 Å². The van der Waals surface area contributed by atoms with E-state index in [4.69, 9.17) is 4.74 Å². The lowest BCUT2D eigenvalue weighted by Crippen LogP contribution is -2.45. The van der Waals surface area contributed by atoms with Crippen molar-refractivity contribution < 1.29 is 24.5 Å². The van der Waals surface area contributed by atoms with Gasteiger partial charge in [0.25, 0.3) is 0 Å². The molecule has 3 N–H and O–H groups in total. The van der Waals surface area contributed by atoms with Gasteiger partial charge < -0.3 is 20.3 Å². The standard InChI is InChI=1S/C85H169NO5/c1-3-5-7-9-11-13-15-17-19-21-23-42-45-49-53-57-61-65-69-73-77-83(88)82(81-87)86-84(89)78-74-70-66-62-58-54-50-46-43-39-37-35-33-31-29-27-25-24-26-28-30-32-34-36-38-40-44-48-52-56-60-64-68-72-76-80-91-85(90)79-75-71-67-63-59-55-51-47-41-22-20-18-16-14-12-10-8-6-4-2/h82-83,87-88H,3-81H2,1-2H3,(H,86,89). The first kappa shape index (κ1) is 89.9. The van der Waals surface area contributed by atoms with Gasteiger partial charge in [0.1, 0.15) is 0 Å². The highest BCUT2D eigenvalue weighted by Gasteiger charge is 2.20. The smallest absolute Gasteiger partial charge is 0.305 e. The maximum absolute atomic E-state index is 12.6. The average molecular weight is 1290 g/mol.